The molecule has 0 fully saturated rings. The predicted molar refractivity (Wildman–Crippen MR) is 48.8 cm³/mol. The van der Waals surface area contributed by atoms with Crippen molar-refractivity contribution in [3.05, 3.63) is 29.8 Å². The third-order valence-corrected chi connectivity index (χ3v) is 1.88. The highest BCUT2D eigenvalue weighted by molar-refractivity contribution is 5.09. The van der Waals surface area contributed by atoms with Gasteiger partial charge in [-0.25, -0.2) is 4.39 Å². The fraction of sp³-hybridized carbons (Fsp3) is 0.444. The lowest BCUT2D eigenvalue weighted by atomic mass is 10.1. The number of aliphatic hydroxyl groups excluding tert-OH is 2. The Labute approximate surface area is 81.2 Å². The molecular weight excluding hydrogens is 187 g/mol. The van der Waals surface area contributed by atoms with Crippen LogP contribution < -0.4 is 5.73 Å². The van der Waals surface area contributed by atoms with Crippen molar-refractivity contribution in [2.24, 2.45) is 5.73 Å². The summed E-state index contributed by atoms with van der Waals surface area (Å²) >= 11 is 0. The molecule has 4 nitrogen and oxygen atoms in total. The molecule has 0 aliphatic heterocycles. The summed E-state index contributed by atoms with van der Waals surface area (Å²) in [5.41, 5.74) is 5.46. The molecule has 1 rings (SSSR count). The van der Waals surface area contributed by atoms with Crippen LogP contribution >= 0.6 is 0 Å². The van der Waals surface area contributed by atoms with E-state index in [1.165, 1.54) is 12.1 Å². The highest BCUT2D eigenvalue weighted by Gasteiger charge is 2.18. The van der Waals surface area contributed by atoms with Gasteiger partial charge in [0.05, 0.1) is 18.0 Å². The van der Waals surface area contributed by atoms with Crippen LogP contribution in [0.1, 0.15) is 18.2 Å². The molecule has 1 aromatic heterocycles. The number of aliphatic hydroxyl groups is 2. The maximum atomic E-state index is 12.5. The minimum atomic E-state index is -1.11. The van der Waals surface area contributed by atoms with Gasteiger partial charge in [0, 0.05) is 0 Å². The number of rotatable bonds is 4. The van der Waals surface area contributed by atoms with Crippen molar-refractivity contribution in [2.75, 3.05) is 6.54 Å². The van der Waals surface area contributed by atoms with Crippen LogP contribution in [0, 0.1) is 5.82 Å². The van der Waals surface area contributed by atoms with Gasteiger partial charge in [-0.1, -0.05) is 0 Å². The number of pyridine rings is 1. The second-order valence-electron chi connectivity index (χ2n) is 2.99. The topological polar surface area (TPSA) is 79.4 Å². The third kappa shape index (κ3) is 2.73. The minimum Gasteiger partial charge on any atom is -0.390 e. The average Bonchev–Trinajstić information content (AvgIpc) is 2.18. The molecule has 4 N–H and O–H groups in total. The van der Waals surface area contributed by atoms with Gasteiger partial charge in [0.25, 0.3) is 0 Å². The molecule has 0 amide bonds. The van der Waals surface area contributed by atoms with E-state index in [-0.39, 0.29) is 18.7 Å². The second kappa shape index (κ2) is 4.99. The van der Waals surface area contributed by atoms with E-state index in [1.54, 1.807) is 0 Å². The summed E-state index contributed by atoms with van der Waals surface area (Å²) in [6.45, 7) is 0.277. The van der Waals surface area contributed by atoms with Crippen LogP contribution in [0.2, 0.25) is 0 Å². The summed E-state index contributed by atoms with van der Waals surface area (Å²) in [6, 6.07) is 2.51. The fourth-order valence-electron chi connectivity index (χ4n) is 1.09. The lowest BCUT2D eigenvalue weighted by Crippen LogP contribution is -2.22. The van der Waals surface area contributed by atoms with Crippen molar-refractivity contribution >= 4 is 0 Å². The number of hydrogen-bond acceptors (Lipinski definition) is 4. The normalized spacial score (nSPS) is 15.1. The van der Waals surface area contributed by atoms with Gasteiger partial charge in [0.15, 0.2) is 0 Å². The van der Waals surface area contributed by atoms with Crippen LogP contribution in [0.25, 0.3) is 0 Å². The number of nitrogens with zero attached hydrogens (tertiary/aromatic N) is 1. The summed E-state index contributed by atoms with van der Waals surface area (Å²) in [4.78, 5) is 3.66. The molecule has 0 aromatic carbocycles. The van der Waals surface area contributed by atoms with Crippen molar-refractivity contribution in [3.8, 4) is 0 Å². The van der Waals surface area contributed by atoms with Gasteiger partial charge < -0.3 is 15.9 Å². The minimum absolute atomic E-state index is 0.243. The zero-order valence-electron chi connectivity index (χ0n) is 7.60. The lowest BCUT2D eigenvalue weighted by molar-refractivity contribution is 0.0124. The van der Waals surface area contributed by atoms with Gasteiger partial charge in [0.1, 0.15) is 11.9 Å². The van der Waals surface area contributed by atoms with Gasteiger partial charge in [-0.15, -0.1) is 0 Å². The van der Waals surface area contributed by atoms with Crippen molar-refractivity contribution in [1.29, 1.82) is 0 Å². The molecule has 5 heteroatoms. The first-order valence-electron chi connectivity index (χ1n) is 4.33. The number of halogens is 1. The van der Waals surface area contributed by atoms with Crippen LogP contribution in [0.15, 0.2) is 18.3 Å². The summed E-state index contributed by atoms with van der Waals surface area (Å²) in [6.07, 6.45) is -0.800. The molecule has 0 aliphatic rings. The maximum Gasteiger partial charge on any atom is 0.141 e. The van der Waals surface area contributed by atoms with Gasteiger partial charge in [-0.2, -0.15) is 0 Å². The quantitative estimate of drug-likeness (QED) is 0.637. The van der Waals surface area contributed by atoms with Gasteiger partial charge in [-0.05, 0) is 25.1 Å². The highest BCUT2D eigenvalue weighted by Crippen LogP contribution is 2.16. The summed E-state index contributed by atoms with van der Waals surface area (Å²) in [5, 5.41) is 18.9. The lowest BCUT2D eigenvalue weighted by Gasteiger charge is -2.16. The first-order valence-corrected chi connectivity index (χ1v) is 4.33. The molecule has 0 aliphatic carbocycles. The Kier molecular flexibility index (Phi) is 3.94. The largest absolute Gasteiger partial charge is 0.390 e. The summed E-state index contributed by atoms with van der Waals surface area (Å²) in [7, 11) is 0. The van der Waals surface area contributed by atoms with Gasteiger partial charge >= 0.3 is 0 Å². The van der Waals surface area contributed by atoms with E-state index in [0.29, 0.717) is 0 Å². The van der Waals surface area contributed by atoms with E-state index < -0.39 is 18.0 Å². The van der Waals surface area contributed by atoms with Crippen LogP contribution in [0.4, 0.5) is 4.39 Å². The van der Waals surface area contributed by atoms with E-state index in [4.69, 9.17) is 5.73 Å². The highest BCUT2D eigenvalue weighted by atomic mass is 19.1. The number of nitrogens with two attached hydrogens (primary N) is 1. The molecule has 0 spiro atoms. The monoisotopic (exact) mass is 200 g/mol. The van der Waals surface area contributed by atoms with E-state index >= 15 is 0 Å². The molecule has 2 atom stereocenters. The fourth-order valence-corrected chi connectivity index (χ4v) is 1.09. The summed E-state index contributed by atoms with van der Waals surface area (Å²) < 4.78 is 12.5. The van der Waals surface area contributed by atoms with Crippen molar-refractivity contribution in [3.63, 3.8) is 0 Å². The Morgan fingerprint density at radius 3 is 2.64 bits per heavy atom. The molecule has 14 heavy (non-hydrogen) atoms. The van der Waals surface area contributed by atoms with Crippen molar-refractivity contribution in [2.45, 2.75) is 18.6 Å². The standard InChI is InChI=1S/C9H13FN2O2/c10-6-1-2-7(12-5-6)9(14)8(13)3-4-11/h1-2,5,8-9,13-14H,3-4,11H2. The molecular formula is C9H13FN2O2. The molecule has 0 saturated heterocycles. The molecule has 2 unspecified atom stereocenters. The molecule has 78 valence electrons. The zero-order valence-corrected chi connectivity index (χ0v) is 7.60. The smallest absolute Gasteiger partial charge is 0.141 e. The Morgan fingerprint density at radius 2 is 2.14 bits per heavy atom. The van der Waals surface area contributed by atoms with Crippen LogP contribution in [0.5, 0.6) is 0 Å². The molecule has 0 bridgehead atoms. The van der Waals surface area contributed by atoms with E-state index in [9.17, 15) is 14.6 Å². The van der Waals surface area contributed by atoms with Gasteiger partial charge in [-0.3, -0.25) is 4.98 Å². The van der Waals surface area contributed by atoms with E-state index in [0.717, 1.165) is 6.20 Å². The first-order chi connectivity index (χ1) is 6.65. The Bertz CT molecular complexity index is 279. The van der Waals surface area contributed by atoms with Gasteiger partial charge in [0.2, 0.25) is 0 Å². The second-order valence-corrected chi connectivity index (χ2v) is 2.99. The first kappa shape index (κ1) is 11.0. The molecule has 1 aromatic rings. The maximum absolute atomic E-state index is 12.5. The number of hydrogen-bond donors (Lipinski definition) is 3. The Morgan fingerprint density at radius 1 is 1.43 bits per heavy atom. The SMILES string of the molecule is NCCC(O)C(O)c1ccc(F)cn1. The molecule has 1 heterocycles. The van der Waals surface area contributed by atoms with Crippen LogP contribution in [-0.2, 0) is 0 Å². The third-order valence-electron chi connectivity index (χ3n) is 1.88. The Balaban J connectivity index is 2.68. The van der Waals surface area contributed by atoms with Crippen LogP contribution in [0.3, 0.4) is 0 Å². The predicted octanol–water partition coefficient (Wildman–Crippen LogP) is -0.0362. The zero-order chi connectivity index (χ0) is 10.6. The van der Waals surface area contributed by atoms with Crippen molar-refractivity contribution in [1.82, 2.24) is 4.98 Å². The molecule has 0 radical (unpaired) electrons. The van der Waals surface area contributed by atoms with E-state index in [1.807, 2.05) is 0 Å². The summed E-state index contributed by atoms with van der Waals surface area (Å²) in [5.74, 6) is -0.478. The number of aromatic nitrogens is 1. The molecule has 0 saturated carbocycles. The van der Waals surface area contributed by atoms with Crippen LogP contribution in [-0.4, -0.2) is 27.8 Å². The average molecular weight is 200 g/mol. The Hall–Kier alpha value is -1.04. The van der Waals surface area contributed by atoms with Crippen molar-refractivity contribution < 1.29 is 14.6 Å². The van der Waals surface area contributed by atoms with E-state index in [2.05, 4.69) is 4.98 Å².